The Hall–Kier alpha value is -1.19. The molecule has 1 saturated heterocycles. The maximum absolute atomic E-state index is 12.8. The summed E-state index contributed by atoms with van der Waals surface area (Å²) in [6.07, 6.45) is 2.21. The van der Waals surface area contributed by atoms with Crippen LogP contribution in [0.2, 0.25) is 0 Å². The zero-order valence-electron chi connectivity index (χ0n) is 13.7. The second-order valence-electron chi connectivity index (χ2n) is 6.10. The van der Waals surface area contributed by atoms with Crippen molar-refractivity contribution in [3.8, 4) is 0 Å². The standard InChI is InChI=1S/C18H27NO2/c1-5-17(20)18(6-8-21-9-7-18)16-11-13(2)10-15(12-19-4)14(16)3/h10-11,19H,5-9,12H2,1-4H3. The number of benzene rings is 1. The van der Waals surface area contributed by atoms with Crippen LogP contribution >= 0.6 is 0 Å². The van der Waals surface area contributed by atoms with Crippen LogP contribution in [0.15, 0.2) is 12.1 Å². The van der Waals surface area contributed by atoms with E-state index in [1.807, 2.05) is 14.0 Å². The topological polar surface area (TPSA) is 38.3 Å². The molecule has 0 unspecified atom stereocenters. The van der Waals surface area contributed by atoms with Gasteiger partial charge in [0.05, 0.1) is 5.41 Å². The minimum absolute atomic E-state index is 0.342. The Morgan fingerprint density at radius 1 is 1.29 bits per heavy atom. The summed E-state index contributed by atoms with van der Waals surface area (Å²) in [5.74, 6) is 0.356. The normalized spacial score (nSPS) is 17.7. The second-order valence-corrected chi connectivity index (χ2v) is 6.10. The van der Waals surface area contributed by atoms with Crippen molar-refractivity contribution in [1.29, 1.82) is 0 Å². The van der Waals surface area contributed by atoms with Gasteiger partial charge >= 0.3 is 0 Å². The third-order valence-corrected chi connectivity index (χ3v) is 4.74. The molecule has 1 aromatic carbocycles. The van der Waals surface area contributed by atoms with Crippen LogP contribution in [0.25, 0.3) is 0 Å². The summed E-state index contributed by atoms with van der Waals surface area (Å²) in [5, 5.41) is 3.23. The first-order valence-corrected chi connectivity index (χ1v) is 7.91. The van der Waals surface area contributed by atoms with Crippen molar-refractivity contribution in [2.45, 2.75) is 52.0 Å². The van der Waals surface area contributed by atoms with Crippen molar-refractivity contribution in [2.24, 2.45) is 0 Å². The summed E-state index contributed by atoms with van der Waals surface area (Å²) in [6, 6.07) is 4.44. The Kier molecular flexibility index (Phi) is 5.17. The Labute approximate surface area is 128 Å². The summed E-state index contributed by atoms with van der Waals surface area (Å²) >= 11 is 0. The smallest absolute Gasteiger partial charge is 0.143 e. The minimum atomic E-state index is -0.342. The molecule has 0 atom stereocenters. The molecule has 0 aromatic heterocycles. The van der Waals surface area contributed by atoms with Gasteiger partial charge in [-0.1, -0.05) is 24.6 Å². The summed E-state index contributed by atoms with van der Waals surface area (Å²) in [4.78, 5) is 12.8. The molecule has 0 aliphatic carbocycles. The maximum Gasteiger partial charge on any atom is 0.143 e. The number of carbonyl (C=O) groups excluding carboxylic acids is 1. The van der Waals surface area contributed by atoms with E-state index in [0.29, 0.717) is 25.4 Å². The molecule has 3 heteroatoms. The predicted octanol–water partition coefficient (Wildman–Crippen LogP) is 3.05. The van der Waals surface area contributed by atoms with Gasteiger partial charge in [0.1, 0.15) is 5.78 Å². The molecule has 1 aliphatic rings. The van der Waals surface area contributed by atoms with E-state index >= 15 is 0 Å². The summed E-state index contributed by atoms with van der Waals surface area (Å²) in [7, 11) is 1.96. The highest BCUT2D eigenvalue weighted by atomic mass is 16.5. The van der Waals surface area contributed by atoms with Crippen LogP contribution in [-0.2, 0) is 21.5 Å². The molecule has 1 fully saturated rings. The number of ketones is 1. The Balaban J connectivity index is 2.57. The highest BCUT2D eigenvalue weighted by Gasteiger charge is 2.41. The highest BCUT2D eigenvalue weighted by molar-refractivity contribution is 5.90. The molecule has 0 saturated carbocycles. The number of ether oxygens (including phenoxy) is 1. The first-order valence-electron chi connectivity index (χ1n) is 7.91. The zero-order valence-corrected chi connectivity index (χ0v) is 13.7. The van der Waals surface area contributed by atoms with Gasteiger partial charge in [0.15, 0.2) is 0 Å². The van der Waals surface area contributed by atoms with Crippen molar-refractivity contribution < 1.29 is 9.53 Å². The van der Waals surface area contributed by atoms with Crippen LogP contribution in [0.3, 0.4) is 0 Å². The number of rotatable bonds is 5. The first-order chi connectivity index (χ1) is 10.0. The van der Waals surface area contributed by atoms with E-state index < -0.39 is 0 Å². The zero-order chi connectivity index (χ0) is 15.5. The molecule has 0 amide bonds. The molecule has 1 aromatic rings. The molecule has 0 spiro atoms. The lowest BCUT2D eigenvalue weighted by molar-refractivity contribution is -0.128. The fraction of sp³-hybridized carbons (Fsp3) is 0.611. The van der Waals surface area contributed by atoms with Gasteiger partial charge in [-0.3, -0.25) is 4.79 Å². The van der Waals surface area contributed by atoms with E-state index in [1.54, 1.807) is 0 Å². The van der Waals surface area contributed by atoms with Crippen LogP contribution < -0.4 is 5.32 Å². The fourth-order valence-electron chi connectivity index (χ4n) is 3.56. The number of nitrogens with one attached hydrogen (secondary N) is 1. The molecule has 2 rings (SSSR count). The molecule has 1 heterocycles. The van der Waals surface area contributed by atoms with Gasteiger partial charge in [0.25, 0.3) is 0 Å². The minimum Gasteiger partial charge on any atom is -0.381 e. The lowest BCUT2D eigenvalue weighted by Gasteiger charge is -2.38. The molecule has 1 aliphatic heterocycles. The molecule has 21 heavy (non-hydrogen) atoms. The van der Waals surface area contributed by atoms with E-state index in [1.165, 1.54) is 22.3 Å². The van der Waals surface area contributed by atoms with Gasteiger partial charge in [-0.2, -0.15) is 0 Å². The molecular weight excluding hydrogens is 262 g/mol. The molecule has 3 nitrogen and oxygen atoms in total. The van der Waals surface area contributed by atoms with E-state index in [0.717, 1.165) is 19.4 Å². The number of hydrogen-bond donors (Lipinski definition) is 1. The van der Waals surface area contributed by atoms with E-state index in [9.17, 15) is 4.79 Å². The Morgan fingerprint density at radius 3 is 2.52 bits per heavy atom. The molecular formula is C18H27NO2. The largest absolute Gasteiger partial charge is 0.381 e. The SMILES string of the molecule is CCC(=O)C1(c2cc(C)cc(CNC)c2C)CCOCC1. The molecule has 1 N–H and O–H groups in total. The van der Waals surface area contributed by atoms with Crippen LogP contribution in [-0.4, -0.2) is 26.0 Å². The van der Waals surface area contributed by atoms with Gasteiger partial charge in [0.2, 0.25) is 0 Å². The number of Topliss-reactive ketones (excluding diaryl/α,β-unsaturated/α-hetero) is 1. The summed E-state index contributed by atoms with van der Waals surface area (Å²) < 4.78 is 5.52. The first kappa shape index (κ1) is 16.2. The summed E-state index contributed by atoms with van der Waals surface area (Å²) in [5.41, 5.74) is 4.67. The average Bonchev–Trinajstić information content (AvgIpc) is 2.50. The highest BCUT2D eigenvalue weighted by Crippen LogP contribution is 2.39. The van der Waals surface area contributed by atoms with Gasteiger partial charge < -0.3 is 10.1 Å². The molecule has 116 valence electrons. The predicted molar refractivity (Wildman–Crippen MR) is 85.7 cm³/mol. The van der Waals surface area contributed by atoms with Crippen molar-refractivity contribution in [1.82, 2.24) is 5.32 Å². The van der Waals surface area contributed by atoms with Crippen LogP contribution in [0.4, 0.5) is 0 Å². The molecule has 0 radical (unpaired) electrons. The van der Waals surface area contributed by atoms with E-state index in [4.69, 9.17) is 4.74 Å². The Morgan fingerprint density at radius 2 is 1.95 bits per heavy atom. The quantitative estimate of drug-likeness (QED) is 0.905. The third-order valence-electron chi connectivity index (χ3n) is 4.74. The van der Waals surface area contributed by atoms with Crippen LogP contribution in [0, 0.1) is 13.8 Å². The van der Waals surface area contributed by atoms with Crippen LogP contribution in [0.5, 0.6) is 0 Å². The van der Waals surface area contributed by atoms with Crippen LogP contribution in [0.1, 0.15) is 48.4 Å². The van der Waals surface area contributed by atoms with E-state index in [-0.39, 0.29) is 5.41 Å². The lowest BCUT2D eigenvalue weighted by Crippen LogP contribution is -2.42. The third kappa shape index (κ3) is 3.04. The number of hydrogen-bond acceptors (Lipinski definition) is 3. The number of carbonyl (C=O) groups is 1. The van der Waals surface area contributed by atoms with Crippen molar-refractivity contribution >= 4 is 5.78 Å². The number of aryl methyl sites for hydroxylation is 1. The van der Waals surface area contributed by atoms with Gasteiger partial charge in [-0.05, 0) is 50.4 Å². The second kappa shape index (κ2) is 6.71. The van der Waals surface area contributed by atoms with E-state index in [2.05, 4.69) is 31.3 Å². The molecule has 0 bridgehead atoms. The fourth-order valence-corrected chi connectivity index (χ4v) is 3.56. The summed E-state index contributed by atoms with van der Waals surface area (Å²) in [6.45, 7) is 8.45. The lowest BCUT2D eigenvalue weighted by atomic mass is 9.68. The van der Waals surface area contributed by atoms with Crippen molar-refractivity contribution in [2.75, 3.05) is 20.3 Å². The van der Waals surface area contributed by atoms with Crippen molar-refractivity contribution in [3.63, 3.8) is 0 Å². The van der Waals surface area contributed by atoms with Crippen molar-refractivity contribution in [3.05, 3.63) is 34.4 Å². The van der Waals surface area contributed by atoms with Gasteiger partial charge in [-0.25, -0.2) is 0 Å². The van der Waals surface area contributed by atoms with Gasteiger partial charge in [0, 0.05) is 26.2 Å². The average molecular weight is 289 g/mol. The monoisotopic (exact) mass is 289 g/mol. The Bertz CT molecular complexity index is 516. The van der Waals surface area contributed by atoms with Gasteiger partial charge in [-0.15, -0.1) is 0 Å². The maximum atomic E-state index is 12.8.